The van der Waals surface area contributed by atoms with Gasteiger partial charge in [-0.1, -0.05) is 0 Å². The molecule has 3 heterocycles. The highest BCUT2D eigenvalue weighted by molar-refractivity contribution is 5.95. The van der Waals surface area contributed by atoms with E-state index < -0.39 is 0 Å². The van der Waals surface area contributed by atoms with E-state index in [0.29, 0.717) is 24.3 Å². The molecule has 3 rings (SSSR count). The highest BCUT2D eigenvalue weighted by atomic mass is 16.3. The van der Waals surface area contributed by atoms with Crippen molar-refractivity contribution in [3.8, 4) is 0 Å². The molecule has 2 aromatic heterocycles. The highest BCUT2D eigenvalue weighted by Crippen LogP contribution is 2.36. The fourth-order valence-corrected chi connectivity index (χ4v) is 3.13. The number of carbonyl (C=O) groups is 2. The minimum atomic E-state index is -0.174. The molecule has 2 amide bonds. The van der Waals surface area contributed by atoms with Crippen LogP contribution < -0.4 is 5.32 Å². The average Bonchev–Trinajstić information content (AvgIpc) is 3.10. The summed E-state index contributed by atoms with van der Waals surface area (Å²) in [6.45, 7) is 2.19. The third-order valence-corrected chi connectivity index (χ3v) is 4.37. The highest BCUT2D eigenvalue weighted by Gasteiger charge is 2.38. The molecular weight excluding hydrogens is 294 g/mol. The molecule has 6 heteroatoms. The molecule has 0 aliphatic carbocycles. The van der Waals surface area contributed by atoms with E-state index in [-0.39, 0.29) is 23.8 Å². The van der Waals surface area contributed by atoms with Crippen molar-refractivity contribution in [3.05, 3.63) is 53.7 Å². The van der Waals surface area contributed by atoms with Gasteiger partial charge in [-0.15, -0.1) is 0 Å². The number of amides is 2. The maximum Gasteiger partial charge on any atom is 0.254 e. The molecule has 1 aliphatic heterocycles. The van der Waals surface area contributed by atoms with Gasteiger partial charge in [0.05, 0.1) is 17.9 Å². The third-order valence-electron chi connectivity index (χ3n) is 4.37. The molecule has 1 saturated heterocycles. The fraction of sp³-hybridized carbons (Fsp3) is 0.353. The summed E-state index contributed by atoms with van der Waals surface area (Å²) in [6, 6.07) is 5.43. The Kier molecular flexibility index (Phi) is 4.14. The first-order chi connectivity index (χ1) is 11.1. The average molecular weight is 313 g/mol. The Balaban J connectivity index is 1.72. The minimum absolute atomic E-state index is 0.0334. The van der Waals surface area contributed by atoms with E-state index in [9.17, 15) is 9.59 Å². The molecule has 2 aromatic rings. The largest absolute Gasteiger partial charge is 0.469 e. The smallest absolute Gasteiger partial charge is 0.254 e. The molecule has 0 radical (unpaired) electrons. The standard InChI is InChI=1S/C17H19N3O3/c1-11-14(5-8-23-11)17(22)19-10-13-9-15(21)20(2)16(13)12-3-6-18-7-4-12/h3-8,13,16H,9-10H2,1-2H3,(H,19,22)/t13-,16-/m0/s1. The Morgan fingerprint density at radius 1 is 1.39 bits per heavy atom. The summed E-state index contributed by atoms with van der Waals surface area (Å²) in [5, 5.41) is 2.92. The summed E-state index contributed by atoms with van der Waals surface area (Å²) in [7, 11) is 1.80. The first-order valence-electron chi connectivity index (χ1n) is 7.56. The number of pyridine rings is 1. The van der Waals surface area contributed by atoms with Crippen molar-refractivity contribution in [2.45, 2.75) is 19.4 Å². The Hall–Kier alpha value is -2.63. The molecule has 120 valence electrons. The van der Waals surface area contributed by atoms with Crippen LogP contribution in [0.15, 0.2) is 41.3 Å². The van der Waals surface area contributed by atoms with Gasteiger partial charge in [0, 0.05) is 38.3 Å². The first-order valence-corrected chi connectivity index (χ1v) is 7.56. The molecule has 23 heavy (non-hydrogen) atoms. The summed E-state index contributed by atoms with van der Waals surface area (Å²) in [6.07, 6.45) is 5.36. The van der Waals surface area contributed by atoms with Gasteiger partial charge in [-0.3, -0.25) is 14.6 Å². The molecule has 0 spiro atoms. The van der Waals surface area contributed by atoms with Gasteiger partial charge in [0.25, 0.3) is 5.91 Å². The van der Waals surface area contributed by atoms with Crippen molar-refractivity contribution < 1.29 is 14.0 Å². The lowest BCUT2D eigenvalue weighted by Gasteiger charge is -2.25. The summed E-state index contributed by atoms with van der Waals surface area (Å²) in [4.78, 5) is 30.1. The fourth-order valence-electron chi connectivity index (χ4n) is 3.13. The number of nitrogens with zero attached hydrogens (tertiary/aromatic N) is 2. The van der Waals surface area contributed by atoms with Crippen LogP contribution in [0.1, 0.15) is 34.1 Å². The van der Waals surface area contributed by atoms with E-state index in [0.717, 1.165) is 5.56 Å². The number of aryl methyl sites for hydroxylation is 1. The summed E-state index contributed by atoms with van der Waals surface area (Å²) >= 11 is 0. The lowest BCUT2D eigenvalue weighted by molar-refractivity contribution is -0.127. The zero-order valence-corrected chi connectivity index (χ0v) is 13.2. The van der Waals surface area contributed by atoms with E-state index in [4.69, 9.17) is 4.42 Å². The number of rotatable bonds is 4. The number of likely N-dealkylation sites (tertiary alicyclic amines) is 1. The maximum absolute atomic E-state index is 12.2. The van der Waals surface area contributed by atoms with E-state index in [2.05, 4.69) is 10.3 Å². The van der Waals surface area contributed by atoms with Gasteiger partial charge in [0.1, 0.15) is 5.76 Å². The first kappa shape index (κ1) is 15.3. The normalized spacial score (nSPS) is 20.8. The Morgan fingerprint density at radius 3 is 2.78 bits per heavy atom. The molecule has 1 N–H and O–H groups in total. The molecular formula is C17H19N3O3. The summed E-state index contributed by atoms with van der Waals surface area (Å²) < 4.78 is 5.15. The molecule has 0 unspecified atom stereocenters. The molecule has 1 fully saturated rings. The zero-order valence-electron chi connectivity index (χ0n) is 13.2. The molecule has 2 atom stereocenters. The van der Waals surface area contributed by atoms with Crippen LogP contribution in [0.3, 0.4) is 0 Å². The second kappa shape index (κ2) is 6.24. The Bertz CT molecular complexity index is 711. The molecule has 0 saturated carbocycles. The monoisotopic (exact) mass is 313 g/mol. The number of aromatic nitrogens is 1. The van der Waals surface area contributed by atoms with Gasteiger partial charge >= 0.3 is 0 Å². The van der Waals surface area contributed by atoms with Crippen molar-refractivity contribution in [1.29, 1.82) is 0 Å². The van der Waals surface area contributed by atoms with Gasteiger partial charge in [0.15, 0.2) is 0 Å². The lowest BCUT2D eigenvalue weighted by Crippen LogP contribution is -2.32. The van der Waals surface area contributed by atoms with Crippen LogP contribution in [-0.2, 0) is 4.79 Å². The van der Waals surface area contributed by atoms with Crippen LogP contribution in [0.25, 0.3) is 0 Å². The van der Waals surface area contributed by atoms with Crippen molar-refractivity contribution in [2.75, 3.05) is 13.6 Å². The van der Waals surface area contributed by atoms with Crippen molar-refractivity contribution in [1.82, 2.24) is 15.2 Å². The quantitative estimate of drug-likeness (QED) is 0.936. The second-order valence-electron chi connectivity index (χ2n) is 5.79. The van der Waals surface area contributed by atoms with Crippen LogP contribution in [0, 0.1) is 12.8 Å². The van der Waals surface area contributed by atoms with Crippen LogP contribution in [0.5, 0.6) is 0 Å². The SMILES string of the molecule is Cc1occc1C(=O)NC[C@@H]1CC(=O)N(C)[C@H]1c1ccncc1. The van der Waals surface area contributed by atoms with Crippen LogP contribution in [0.4, 0.5) is 0 Å². The molecule has 1 aliphatic rings. The summed E-state index contributed by atoms with van der Waals surface area (Å²) in [5.74, 6) is 0.538. The number of furan rings is 1. The molecule has 0 aromatic carbocycles. The van der Waals surface area contributed by atoms with Gasteiger partial charge in [0.2, 0.25) is 5.91 Å². The van der Waals surface area contributed by atoms with Crippen LogP contribution >= 0.6 is 0 Å². The second-order valence-corrected chi connectivity index (χ2v) is 5.79. The molecule has 6 nitrogen and oxygen atoms in total. The molecule has 0 bridgehead atoms. The summed E-state index contributed by atoms with van der Waals surface area (Å²) in [5.41, 5.74) is 1.57. The van der Waals surface area contributed by atoms with Gasteiger partial charge in [-0.25, -0.2) is 0 Å². The van der Waals surface area contributed by atoms with Crippen molar-refractivity contribution in [2.24, 2.45) is 5.92 Å². The number of nitrogens with one attached hydrogen (secondary N) is 1. The minimum Gasteiger partial charge on any atom is -0.469 e. The zero-order chi connectivity index (χ0) is 16.4. The van der Waals surface area contributed by atoms with Crippen LogP contribution in [-0.4, -0.2) is 35.3 Å². The van der Waals surface area contributed by atoms with Crippen LogP contribution in [0.2, 0.25) is 0 Å². The Labute approximate surface area is 134 Å². The number of carbonyl (C=O) groups excluding carboxylic acids is 2. The van der Waals surface area contributed by atoms with E-state index in [1.165, 1.54) is 6.26 Å². The number of hydrogen-bond donors (Lipinski definition) is 1. The number of hydrogen-bond acceptors (Lipinski definition) is 4. The van der Waals surface area contributed by atoms with Crippen molar-refractivity contribution in [3.63, 3.8) is 0 Å². The van der Waals surface area contributed by atoms with E-state index >= 15 is 0 Å². The van der Waals surface area contributed by atoms with Gasteiger partial charge in [-0.05, 0) is 30.7 Å². The van der Waals surface area contributed by atoms with Gasteiger partial charge in [-0.2, -0.15) is 0 Å². The lowest BCUT2D eigenvalue weighted by atomic mass is 9.94. The predicted octanol–water partition coefficient (Wildman–Crippen LogP) is 1.93. The van der Waals surface area contributed by atoms with Crippen molar-refractivity contribution >= 4 is 11.8 Å². The van der Waals surface area contributed by atoms with E-state index in [1.54, 1.807) is 37.3 Å². The van der Waals surface area contributed by atoms with E-state index in [1.807, 2.05) is 12.1 Å². The van der Waals surface area contributed by atoms with Gasteiger partial charge < -0.3 is 14.6 Å². The predicted molar refractivity (Wildman–Crippen MR) is 83.6 cm³/mol. The topological polar surface area (TPSA) is 75.4 Å². The third kappa shape index (κ3) is 2.97. The maximum atomic E-state index is 12.2. The Morgan fingerprint density at radius 2 is 2.13 bits per heavy atom.